The Balaban J connectivity index is 2.56. The monoisotopic (exact) mass is 187 g/mol. The minimum absolute atomic E-state index is 0.278. The van der Waals surface area contributed by atoms with E-state index in [2.05, 4.69) is 18.8 Å². The van der Waals surface area contributed by atoms with Crippen molar-refractivity contribution in [3.63, 3.8) is 0 Å². The number of thioether (sulfide) groups is 1. The van der Waals surface area contributed by atoms with Crippen molar-refractivity contribution >= 4 is 17.7 Å². The summed E-state index contributed by atoms with van der Waals surface area (Å²) in [5.74, 6) is 1.73. The molecule has 1 aliphatic heterocycles. The van der Waals surface area contributed by atoms with Crippen LogP contribution in [0.15, 0.2) is 4.99 Å². The van der Waals surface area contributed by atoms with Crippen LogP contribution in [-0.2, 0) is 0 Å². The van der Waals surface area contributed by atoms with Gasteiger partial charge in [0.2, 0.25) is 0 Å². The summed E-state index contributed by atoms with van der Waals surface area (Å²) in [5, 5.41) is 0. The first-order valence-corrected chi connectivity index (χ1v) is 5.06. The lowest BCUT2D eigenvalue weighted by Crippen LogP contribution is -2.46. The third-order valence-corrected chi connectivity index (χ3v) is 3.66. The molecule has 2 N–H and O–H groups in total. The topological polar surface area (TPSA) is 41.6 Å². The van der Waals surface area contributed by atoms with Crippen molar-refractivity contribution < 1.29 is 0 Å². The molecule has 1 atom stereocenters. The Morgan fingerprint density at radius 2 is 2.17 bits per heavy atom. The van der Waals surface area contributed by atoms with Gasteiger partial charge in [-0.15, -0.1) is 0 Å². The molecule has 0 amide bonds. The highest BCUT2D eigenvalue weighted by Gasteiger charge is 2.39. The second-order valence-electron chi connectivity index (χ2n) is 3.81. The highest BCUT2D eigenvalue weighted by molar-refractivity contribution is 8.02. The van der Waals surface area contributed by atoms with Crippen LogP contribution in [0.1, 0.15) is 13.8 Å². The molecule has 0 radical (unpaired) electrons. The first kappa shape index (κ1) is 9.71. The molecule has 0 aromatic heterocycles. The number of hydrogen-bond acceptors (Lipinski definition) is 2. The Hall–Kier alpha value is -0.380. The lowest BCUT2D eigenvalue weighted by atomic mass is 10.0. The lowest BCUT2D eigenvalue weighted by molar-refractivity contribution is 0.526. The van der Waals surface area contributed by atoms with Gasteiger partial charge in [-0.3, -0.25) is 0 Å². The normalized spacial score (nSPS) is 28.0. The molecular weight excluding hydrogens is 170 g/mol. The van der Waals surface area contributed by atoms with Crippen molar-refractivity contribution in [2.75, 3.05) is 19.8 Å². The van der Waals surface area contributed by atoms with Gasteiger partial charge >= 0.3 is 0 Å². The highest BCUT2D eigenvalue weighted by atomic mass is 32.2. The predicted molar refractivity (Wildman–Crippen MR) is 55.6 cm³/mol. The molecule has 0 aromatic rings. The van der Waals surface area contributed by atoms with Crippen LogP contribution in [0.5, 0.6) is 0 Å². The van der Waals surface area contributed by atoms with Crippen LogP contribution in [0.2, 0.25) is 0 Å². The summed E-state index contributed by atoms with van der Waals surface area (Å²) in [4.78, 5) is 6.28. The van der Waals surface area contributed by atoms with E-state index in [0.29, 0.717) is 12.0 Å². The average molecular weight is 187 g/mol. The van der Waals surface area contributed by atoms with Crippen LogP contribution >= 0.6 is 11.8 Å². The molecule has 1 unspecified atom stereocenters. The van der Waals surface area contributed by atoms with Gasteiger partial charge in [0.1, 0.15) is 0 Å². The van der Waals surface area contributed by atoms with Gasteiger partial charge in [0.05, 0.1) is 6.04 Å². The summed E-state index contributed by atoms with van der Waals surface area (Å²) in [6.45, 7) is 4.41. The van der Waals surface area contributed by atoms with E-state index < -0.39 is 0 Å². The molecule has 12 heavy (non-hydrogen) atoms. The van der Waals surface area contributed by atoms with Crippen molar-refractivity contribution in [3.8, 4) is 0 Å². The van der Waals surface area contributed by atoms with Crippen molar-refractivity contribution in [3.05, 3.63) is 0 Å². The summed E-state index contributed by atoms with van der Waals surface area (Å²) in [7, 11) is 3.83. The van der Waals surface area contributed by atoms with E-state index in [1.54, 1.807) is 0 Å². The molecule has 0 bridgehead atoms. The fraction of sp³-hybridized carbons (Fsp3) is 0.875. The second kappa shape index (κ2) is 3.17. The number of aliphatic imine (C=N–C) groups is 1. The van der Waals surface area contributed by atoms with Gasteiger partial charge in [-0.2, -0.15) is 11.8 Å². The Morgan fingerprint density at radius 1 is 1.58 bits per heavy atom. The maximum Gasteiger partial charge on any atom is 0.191 e. The Kier molecular flexibility index (Phi) is 2.56. The molecule has 70 valence electrons. The number of nitrogens with zero attached hydrogens (tertiary/aromatic N) is 2. The molecule has 1 aliphatic rings. The van der Waals surface area contributed by atoms with Gasteiger partial charge in [-0.05, 0) is 13.8 Å². The van der Waals surface area contributed by atoms with E-state index in [-0.39, 0.29) is 4.75 Å². The van der Waals surface area contributed by atoms with Gasteiger partial charge in [-0.25, -0.2) is 4.99 Å². The van der Waals surface area contributed by atoms with Crippen LogP contribution in [0.4, 0.5) is 0 Å². The van der Waals surface area contributed by atoms with Gasteiger partial charge in [0.25, 0.3) is 0 Å². The third-order valence-electron chi connectivity index (χ3n) is 2.16. The summed E-state index contributed by atoms with van der Waals surface area (Å²) in [6, 6.07) is 0.393. The van der Waals surface area contributed by atoms with Crippen LogP contribution in [0.25, 0.3) is 0 Å². The third kappa shape index (κ3) is 1.86. The van der Waals surface area contributed by atoms with E-state index in [1.807, 2.05) is 30.8 Å². The zero-order valence-electron chi connectivity index (χ0n) is 8.16. The Bertz CT molecular complexity index is 198. The predicted octanol–water partition coefficient (Wildman–Crippen LogP) is 0.757. The van der Waals surface area contributed by atoms with Crippen LogP contribution < -0.4 is 5.73 Å². The Morgan fingerprint density at radius 3 is 2.42 bits per heavy atom. The molecule has 1 rings (SSSR count). The smallest absolute Gasteiger partial charge is 0.191 e. The standard InChI is InChI=1S/C8H17N3S/c1-8(2)6(5-12-8)10-7(9)11(3)4/h6H,5H2,1-4H3,(H2,9,10). The maximum atomic E-state index is 5.71. The van der Waals surface area contributed by atoms with E-state index in [1.165, 1.54) is 0 Å². The summed E-state index contributed by atoms with van der Waals surface area (Å²) >= 11 is 1.94. The molecule has 3 nitrogen and oxygen atoms in total. The molecule has 1 fully saturated rings. The van der Waals surface area contributed by atoms with Gasteiger partial charge in [0, 0.05) is 24.6 Å². The quantitative estimate of drug-likeness (QED) is 0.487. The zero-order chi connectivity index (χ0) is 9.35. The van der Waals surface area contributed by atoms with Gasteiger partial charge < -0.3 is 10.6 Å². The maximum absolute atomic E-state index is 5.71. The molecule has 4 heteroatoms. The van der Waals surface area contributed by atoms with Crippen LogP contribution in [0.3, 0.4) is 0 Å². The molecule has 0 aromatic carbocycles. The van der Waals surface area contributed by atoms with Crippen molar-refractivity contribution in [2.45, 2.75) is 24.6 Å². The summed E-state index contributed by atoms with van der Waals surface area (Å²) < 4.78 is 0.278. The van der Waals surface area contributed by atoms with Crippen LogP contribution in [0, 0.1) is 0 Å². The second-order valence-corrected chi connectivity index (χ2v) is 5.49. The average Bonchev–Trinajstić information content (AvgIpc) is 1.97. The van der Waals surface area contributed by atoms with E-state index in [9.17, 15) is 0 Å². The minimum Gasteiger partial charge on any atom is -0.370 e. The summed E-state index contributed by atoms with van der Waals surface area (Å²) in [5.41, 5.74) is 5.71. The first-order chi connectivity index (χ1) is 5.43. The zero-order valence-corrected chi connectivity index (χ0v) is 8.98. The van der Waals surface area contributed by atoms with Gasteiger partial charge in [-0.1, -0.05) is 0 Å². The fourth-order valence-corrected chi connectivity index (χ4v) is 2.07. The molecule has 1 heterocycles. The van der Waals surface area contributed by atoms with Crippen molar-refractivity contribution in [2.24, 2.45) is 10.7 Å². The number of rotatable bonds is 1. The SMILES string of the molecule is CN(C)C(N)=NC1CSC1(C)C. The lowest BCUT2D eigenvalue weighted by Gasteiger charge is -2.41. The minimum atomic E-state index is 0.278. The fourth-order valence-electron chi connectivity index (χ4n) is 0.959. The first-order valence-electron chi connectivity index (χ1n) is 4.08. The van der Waals surface area contributed by atoms with E-state index in [0.717, 1.165) is 5.75 Å². The number of guanidine groups is 1. The van der Waals surface area contributed by atoms with Gasteiger partial charge in [0.15, 0.2) is 5.96 Å². The number of nitrogens with two attached hydrogens (primary N) is 1. The Labute approximate surface area is 78.4 Å². The molecule has 1 saturated heterocycles. The van der Waals surface area contributed by atoms with E-state index in [4.69, 9.17) is 5.73 Å². The van der Waals surface area contributed by atoms with Crippen molar-refractivity contribution in [1.82, 2.24) is 4.90 Å². The molecule has 0 aliphatic carbocycles. The molecule has 0 spiro atoms. The number of hydrogen-bond donors (Lipinski definition) is 1. The van der Waals surface area contributed by atoms with E-state index >= 15 is 0 Å². The highest BCUT2D eigenvalue weighted by Crippen LogP contribution is 2.41. The molecular formula is C8H17N3S. The largest absolute Gasteiger partial charge is 0.370 e. The summed E-state index contributed by atoms with van der Waals surface area (Å²) in [6.07, 6.45) is 0. The van der Waals surface area contributed by atoms with Crippen LogP contribution in [-0.4, -0.2) is 41.5 Å². The molecule has 0 saturated carbocycles. The van der Waals surface area contributed by atoms with Crippen molar-refractivity contribution in [1.29, 1.82) is 0 Å².